The van der Waals surface area contributed by atoms with Crippen molar-refractivity contribution in [3.05, 3.63) is 52.8 Å². The molecule has 2 rings (SSSR count). The third kappa shape index (κ3) is 3.14. The summed E-state index contributed by atoms with van der Waals surface area (Å²) in [6.45, 7) is 3.01. The van der Waals surface area contributed by atoms with Crippen LogP contribution in [0.25, 0.3) is 0 Å². The minimum absolute atomic E-state index is 0.101. The lowest BCUT2D eigenvalue weighted by atomic mass is 10.0. The Kier molecular flexibility index (Phi) is 4.56. The molecule has 0 amide bonds. The van der Waals surface area contributed by atoms with Crippen LogP contribution >= 0.6 is 11.6 Å². The second kappa shape index (κ2) is 6.17. The van der Waals surface area contributed by atoms with Crippen LogP contribution in [0.2, 0.25) is 5.02 Å². The lowest BCUT2D eigenvalue weighted by Gasteiger charge is -2.15. The number of imidazole rings is 1. The summed E-state index contributed by atoms with van der Waals surface area (Å²) in [5, 5.41) is 0.101. The first kappa shape index (κ1) is 14.0. The third-order valence-electron chi connectivity index (χ3n) is 3.05. The van der Waals surface area contributed by atoms with Crippen molar-refractivity contribution in [1.29, 1.82) is 0 Å². The molecule has 2 aromatic rings. The quantitative estimate of drug-likeness (QED) is 0.913. The Labute approximate surface area is 117 Å². The van der Waals surface area contributed by atoms with Crippen LogP contribution in [0.15, 0.2) is 30.6 Å². The van der Waals surface area contributed by atoms with E-state index < -0.39 is 5.82 Å². The van der Waals surface area contributed by atoms with Gasteiger partial charge in [0.1, 0.15) is 11.6 Å². The second-order valence-electron chi connectivity index (χ2n) is 4.49. The van der Waals surface area contributed by atoms with Gasteiger partial charge in [0.2, 0.25) is 0 Å². The Balaban J connectivity index is 2.18. The molecular weight excluding hydrogens is 265 g/mol. The number of aryl methyl sites for hydroxylation is 1. The van der Waals surface area contributed by atoms with Gasteiger partial charge in [0.15, 0.2) is 0 Å². The standard InChI is InChI=1S/C14H17ClFN3/c1-2-7-19-8-6-18-13(19)9-12(17)10-4-3-5-11(16)14(10)15/h3-6,8,12H,2,7,9,17H2,1H3. The van der Waals surface area contributed by atoms with Crippen LogP contribution in [-0.4, -0.2) is 9.55 Å². The summed E-state index contributed by atoms with van der Waals surface area (Å²) in [7, 11) is 0. The number of halogens is 2. The Morgan fingerprint density at radius 1 is 1.47 bits per heavy atom. The molecule has 1 aromatic heterocycles. The van der Waals surface area contributed by atoms with Crippen molar-refractivity contribution in [2.75, 3.05) is 0 Å². The van der Waals surface area contributed by atoms with Crippen molar-refractivity contribution < 1.29 is 4.39 Å². The number of benzene rings is 1. The zero-order valence-electron chi connectivity index (χ0n) is 10.8. The van der Waals surface area contributed by atoms with Gasteiger partial charge in [-0.2, -0.15) is 0 Å². The fraction of sp³-hybridized carbons (Fsp3) is 0.357. The fourth-order valence-electron chi connectivity index (χ4n) is 2.09. The first-order valence-electron chi connectivity index (χ1n) is 6.33. The molecule has 0 spiro atoms. The summed E-state index contributed by atoms with van der Waals surface area (Å²) in [5.41, 5.74) is 6.73. The maximum Gasteiger partial charge on any atom is 0.142 e. The van der Waals surface area contributed by atoms with Gasteiger partial charge in [0, 0.05) is 31.4 Å². The smallest absolute Gasteiger partial charge is 0.142 e. The summed E-state index contributed by atoms with van der Waals surface area (Å²) in [6, 6.07) is 4.34. The van der Waals surface area contributed by atoms with Gasteiger partial charge in [-0.15, -0.1) is 0 Å². The molecule has 1 unspecified atom stereocenters. The van der Waals surface area contributed by atoms with Crippen LogP contribution in [0.5, 0.6) is 0 Å². The van der Waals surface area contributed by atoms with E-state index in [4.69, 9.17) is 17.3 Å². The Morgan fingerprint density at radius 2 is 2.26 bits per heavy atom. The monoisotopic (exact) mass is 281 g/mol. The zero-order chi connectivity index (χ0) is 13.8. The zero-order valence-corrected chi connectivity index (χ0v) is 11.6. The van der Waals surface area contributed by atoms with Gasteiger partial charge in [-0.3, -0.25) is 0 Å². The highest BCUT2D eigenvalue weighted by atomic mass is 35.5. The lowest BCUT2D eigenvalue weighted by molar-refractivity contribution is 0.590. The number of aromatic nitrogens is 2. The molecule has 2 N–H and O–H groups in total. The number of hydrogen-bond acceptors (Lipinski definition) is 2. The SMILES string of the molecule is CCCn1ccnc1CC(N)c1cccc(F)c1Cl. The molecule has 0 saturated carbocycles. The first-order chi connectivity index (χ1) is 9.13. The van der Waals surface area contributed by atoms with E-state index in [1.807, 2.05) is 6.20 Å². The third-order valence-corrected chi connectivity index (χ3v) is 3.45. The van der Waals surface area contributed by atoms with Crippen molar-refractivity contribution in [1.82, 2.24) is 9.55 Å². The molecule has 19 heavy (non-hydrogen) atoms. The average Bonchev–Trinajstić information content (AvgIpc) is 2.80. The molecule has 1 heterocycles. The van der Waals surface area contributed by atoms with Crippen LogP contribution in [0, 0.1) is 5.82 Å². The van der Waals surface area contributed by atoms with Crippen LogP contribution in [0.3, 0.4) is 0 Å². The summed E-state index contributed by atoms with van der Waals surface area (Å²) in [5.74, 6) is 0.459. The predicted octanol–water partition coefficient (Wildman–Crippen LogP) is 3.33. The normalized spacial score (nSPS) is 12.6. The van der Waals surface area contributed by atoms with Crippen LogP contribution in [0.4, 0.5) is 4.39 Å². The fourth-order valence-corrected chi connectivity index (χ4v) is 2.35. The van der Waals surface area contributed by atoms with E-state index in [-0.39, 0.29) is 11.1 Å². The van der Waals surface area contributed by atoms with Crippen LogP contribution in [0.1, 0.15) is 30.8 Å². The van der Waals surface area contributed by atoms with E-state index in [9.17, 15) is 4.39 Å². The van der Waals surface area contributed by atoms with Crippen LogP contribution in [-0.2, 0) is 13.0 Å². The van der Waals surface area contributed by atoms with Gasteiger partial charge in [0.05, 0.1) is 5.02 Å². The summed E-state index contributed by atoms with van der Waals surface area (Å²) in [6.07, 6.45) is 5.25. The molecule has 0 fully saturated rings. The Morgan fingerprint density at radius 3 is 3.00 bits per heavy atom. The van der Waals surface area contributed by atoms with E-state index in [2.05, 4.69) is 16.5 Å². The van der Waals surface area contributed by atoms with E-state index in [1.165, 1.54) is 6.07 Å². The molecule has 0 saturated heterocycles. The highest BCUT2D eigenvalue weighted by Crippen LogP contribution is 2.26. The maximum atomic E-state index is 13.4. The van der Waals surface area contributed by atoms with Gasteiger partial charge in [-0.05, 0) is 18.1 Å². The molecule has 1 atom stereocenters. The predicted molar refractivity (Wildman–Crippen MR) is 74.6 cm³/mol. The highest BCUT2D eigenvalue weighted by Gasteiger charge is 2.15. The van der Waals surface area contributed by atoms with Gasteiger partial charge in [-0.1, -0.05) is 30.7 Å². The molecule has 5 heteroatoms. The summed E-state index contributed by atoms with van der Waals surface area (Å²) in [4.78, 5) is 4.30. The van der Waals surface area contributed by atoms with Crippen molar-refractivity contribution >= 4 is 11.6 Å². The van der Waals surface area contributed by atoms with Gasteiger partial charge < -0.3 is 10.3 Å². The van der Waals surface area contributed by atoms with E-state index in [1.54, 1.807) is 18.3 Å². The minimum Gasteiger partial charge on any atom is -0.335 e. The molecule has 102 valence electrons. The van der Waals surface area contributed by atoms with E-state index >= 15 is 0 Å². The number of rotatable bonds is 5. The number of hydrogen-bond donors (Lipinski definition) is 1. The van der Waals surface area contributed by atoms with Gasteiger partial charge in [-0.25, -0.2) is 9.37 Å². The Bertz CT molecular complexity index is 553. The second-order valence-corrected chi connectivity index (χ2v) is 4.87. The van der Waals surface area contributed by atoms with E-state index in [0.717, 1.165) is 18.8 Å². The van der Waals surface area contributed by atoms with Crippen molar-refractivity contribution in [3.63, 3.8) is 0 Å². The molecule has 0 radical (unpaired) electrons. The van der Waals surface area contributed by atoms with Crippen molar-refractivity contribution in [2.24, 2.45) is 5.73 Å². The Hall–Kier alpha value is -1.39. The molecule has 0 bridgehead atoms. The summed E-state index contributed by atoms with van der Waals surface area (Å²) < 4.78 is 15.5. The average molecular weight is 282 g/mol. The highest BCUT2D eigenvalue weighted by molar-refractivity contribution is 6.31. The first-order valence-corrected chi connectivity index (χ1v) is 6.70. The largest absolute Gasteiger partial charge is 0.335 e. The van der Waals surface area contributed by atoms with E-state index in [0.29, 0.717) is 12.0 Å². The molecular formula is C14H17ClFN3. The maximum absolute atomic E-state index is 13.4. The molecule has 0 aliphatic carbocycles. The lowest BCUT2D eigenvalue weighted by Crippen LogP contribution is -2.17. The number of nitrogens with two attached hydrogens (primary N) is 1. The number of nitrogens with zero attached hydrogens (tertiary/aromatic N) is 2. The molecule has 0 aliphatic rings. The van der Waals surface area contributed by atoms with Gasteiger partial charge >= 0.3 is 0 Å². The molecule has 0 aliphatic heterocycles. The minimum atomic E-state index is -0.438. The van der Waals surface area contributed by atoms with Crippen molar-refractivity contribution in [2.45, 2.75) is 32.4 Å². The topological polar surface area (TPSA) is 43.8 Å². The molecule has 1 aromatic carbocycles. The van der Waals surface area contributed by atoms with Crippen molar-refractivity contribution in [3.8, 4) is 0 Å². The van der Waals surface area contributed by atoms with Gasteiger partial charge in [0.25, 0.3) is 0 Å². The molecule has 3 nitrogen and oxygen atoms in total. The summed E-state index contributed by atoms with van der Waals surface area (Å²) >= 11 is 5.95. The van der Waals surface area contributed by atoms with Crippen LogP contribution < -0.4 is 5.73 Å².